The number of nitrogens with zero attached hydrogens (tertiary/aromatic N) is 2. The molecule has 0 unspecified atom stereocenters. The normalized spacial score (nSPS) is 10.5. The summed E-state index contributed by atoms with van der Waals surface area (Å²) in [5, 5.41) is 4.21. The molecule has 3 rings (SSSR count). The van der Waals surface area contributed by atoms with E-state index in [2.05, 4.69) is 5.10 Å². The smallest absolute Gasteiger partial charge is 0.357 e. The molecule has 29 heavy (non-hydrogen) atoms. The second-order valence-corrected chi connectivity index (χ2v) is 5.75. The summed E-state index contributed by atoms with van der Waals surface area (Å²) in [5.41, 5.74) is -0.856. The van der Waals surface area contributed by atoms with Gasteiger partial charge in [0.25, 0.3) is 0 Å². The van der Waals surface area contributed by atoms with Gasteiger partial charge in [-0.2, -0.15) is 9.49 Å². The lowest BCUT2D eigenvalue weighted by atomic mass is 10.0. The third kappa shape index (κ3) is 3.42. The first-order valence-corrected chi connectivity index (χ1v) is 8.32. The lowest BCUT2D eigenvalue weighted by molar-refractivity contribution is 0.0549. The van der Waals surface area contributed by atoms with Crippen molar-refractivity contribution in [2.75, 3.05) is 21.3 Å². The molecule has 0 aliphatic carbocycles. The van der Waals surface area contributed by atoms with Crippen LogP contribution in [0.15, 0.2) is 42.5 Å². The number of ether oxygens (including phenoxy) is 3. The first-order valence-electron chi connectivity index (χ1n) is 8.32. The molecule has 2 aromatic carbocycles. The highest BCUT2D eigenvalue weighted by atomic mass is 19.2. The Morgan fingerprint density at radius 2 is 1.55 bits per heavy atom. The Kier molecular flexibility index (Phi) is 5.58. The van der Waals surface area contributed by atoms with Crippen LogP contribution in [-0.2, 0) is 9.47 Å². The molecule has 0 amide bonds. The van der Waals surface area contributed by atoms with Gasteiger partial charge in [-0.3, -0.25) is 0 Å². The molecule has 0 aliphatic rings. The molecule has 1 heterocycles. The van der Waals surface area contributed by atoms with Crippen molar-refractivity contribution in [3.63, 3.8) is 0 Å². The third-order valence-corrected chi connectivity index (χ3v) is 4.18. The number of aromatic nitrogens is 2. The van der Waals surface area contributed by atoms with Crippen LogP contribution in [0.1, 0.15) is 20.8 Å². The Hall–Kier alpha value is -3.75. The van der Waals surface area contributed by atoms with Crippen LogP contribution in [0.5, 0.6) is 5.75 Å². The standard InChI is InChI=1S/C20H16F2N2O5/c1-27-13-10-9-12(15(21)16(13)22)17-14(19(25)28-2)18(20(26)29-3)24(23-17)11-7-5-4-6-8-11/h4-10H,1-3H3. The molecule has 3 aromatic rings. The van der Waals surface area contributed by atoms with Crippen LogP contribution >= 0.6 is 0 Å². The van der Waals surface area contributed by atoms with E-state index < -0.39 is 23.6 Å². The number of methoxy groups -OCH3 is 3. The molecule has 1 aromatic heterocycles. The van der Waals surface area contributed by atoms with Crippen LogP contribution in [0.25, 0.3) is 16.9 Å². The lowest BCUT2D eigenvalue weighted by Gasteiger charge is -2.07. The Labute approximate surface area is 164 Å². The fourth-order valence-electron chi connectivity index (χ4n) is 2.82. The molecule has 7 nitrogen and oxygen atoms in total. The van der Waals surface area contributed by atoms with Gasteiger partial charge in [0.1, 0.15) is 11.3 Å². The fourth-order valence-corrected chi connectivity index (χ4v) is 2.82. The van der Waals surface area contributed by atoms with E-state index in [1.54, 1.807) is 30.3 Å². The minimum Gasteiger partial charge on any atom is -0.494 e. The van der Waals surface area contributed by atoms with E-state index in [1.807, 2.05) is 0 Å². The number of carbonyl (C=O) groups excluding carboxylic acids is 2. The van der Waals surface area contributed by atoms with E-state index >= 15 is 0 Å². The monoisotopic (exact) mass is 402 g/mol. The van der Waals surface area contributed by atoms with E-state index in [0.717, 1.165) is 18.9 Å². The molecule has 0 bridgehead atoms. The van der Waals surface area contributed by atoms with Crippen molar-refractivity contribution in [3.05, 3.63) is 65.4 Å². The SMILES string of the molecule is COC(=O)c1c(-c2ccc(OC)c(F)c2F)nn(-c2ccccc2)c1C(=O)OC. The number of halogens is 2. The average molecular weight is 402 g/mol. The number of rotatable bonds is 5. The van der Waals surface area contributed by atoms with Gasteiger partial charge in [-0.25, -0.2) is 18.7 Å². The largest absolute Gasteiger partial charge is 0.494 e. The predicted molar refractivity (Wildman–Crippen MR) is 98.1 cm³/mol. The summed E-state index contributed by atoms with van der Waals surface area (Å²) < 4.78 is 44.4. The molecule has 0 saturated carbocycles. The summed E-state index contributed by atoms with van der Waals surface area (Å²) in [6.45, 7) is 0. The van der Waals surface area contributed by atoms with Crippen LogP contribution in [0.2, 0.25) is 0 Å². The minimum atomic E-state index is -1.29. The van der Waals surface area contributed by atoms with Crippen LogP contribution in [0.4, 0.5) is 8.78 Å². The fraction of sp³-hybridized carbons (Fsp3) is 0.150. The maximum absolute atomic E-state index is 14.7. The van der Waals surface area contributed by atoms with Gasteiger partial charge in [0, 0.05) is 5.56 Å². The number of hydrogen-bond acceptors (Lipinski definition) is 6. The summed E-state index contributed by atoms with van der Waals surface area (Å²) in [4.78, 5) is 25.0. The molecule has 0 fully saturated rings. The van der Waals surface area contributed by atoms with Gasteiger partial charge in [0.2, 0.25) is 5.82 Å². The second kappa shape index (κ2) is 8.09. The van der Waals surface area contributed by atoms with Crippen molar-refractivity contribution < 1.29 is 32.6 Å². The van der Waals surface area contributed by atoms with Crippen LogP contribution in [0, 0.1) is 11.6 Å². The van der Waals surface area contributed by atoms with Gasteiger partial charge in [-0.1, -0.05) is 18.2 Å². The van der Waals surface area contributed by atoms with E-state index in [0.29, 0.717) is 5.69 Å². The third-order valence-electron chi connectivity index (χ3n) is 4.18. The average Bonchev–Trinajstić information content (AvgIpc) is 3.15. The number of carbonyl (C=O) groups is 2. The molecule has 0 spiro atoms. The number of esters is 2. The van der Waals surface area contributed by atoms with E-state index in [1.165, 1.54) is 19.2 Å². The number of benzene rings is 2. The quantitative estimate of drug-likeness (QED) is 0.609. The van der Waals surface area contributed by atoms with Crippen LogP contribution in [-0.4, -0.2) is 43.0 Å². The highest BCUT2D eigenvalue weighted by molar-refractivity contribution is 6.06. The highest BCUT2D eigenvalue weighted by Crippen LogP contribution is 2.34. The van der Waals surface area contributed by atoms with Crippen LogP contribution in [0.3, 0.4) is 0 Å². The summed E-state index contributed by atoms with van der Waals surface area (Å²) in [5.74, 6) is -4.72. The first kappa shape index (κ1) is 20.0. The minimum absolute atomic E-state index is 0.278. The molecule has 0 aliphatic heterocycles. The predicted octanol–water partition coefficient (Wildman–Crippen LogP) is 3.40. The summed E-state index contributed by atoms with van der Waals surface area (Å²) >= 11 is 0. The summed E-state index contributed by atoms with van der Waals surface area (Å²) in [7, 11) is 3.41. The van der Waals surface area contributed by atoms with Gasteiger partial charge in [0.15, 0.2) is 17.3 Å². The number of para-hydroxylation sites is 1. The zero-order chi connectivity index (χ0) is 21.1. The van der Waals surface area contributed by atoms with Gasteiger partial charge >= 0.3 is 11.9 Å². The lowest BCUT2D eigenvalue weighted by Crippen LogP contribution is -2.15. The Morgan fingerprint density at radius 3 is 2.14 bits per heavy atom. The maximum Gasteiger partial charge on any atom is 0.357 e. The maximum atomic E-state index is 14.7. The van der Waals surface area contributed by atoms with Crippen molar-refractivity contribution in [2.24, 2.45) is 0 Å². The van der Waals surface area contributed by atoms with Crippen molar-refractivity contribution in [2.45, 2.75) is 0 Å². The highest BCUT2D eigenvalue weighted by Gasteiger charge is 2.33. The number of hydrogen-bond donors (Lipinski definition) is 0. The zero-order valence-electron chi connectivity index (χ0n) is 15.7. The van der Waals surface area contributed by atoms with Crippen molar-refractivity contribution in [3.8, 4) is 22.7 Å². The molecule has 0 N–H and O–H groups in total. The zero-order valence-corrected chi connectivity index (χ0v) is 15.7. The molecule has 0 saturated heterocycles. The Morgan fingerprint density at radius 1 is 0.897 bits per heavy atom. The van der Waals surface area contributed by atoms with E-state index in [9.17, 15) is 18.4 Å². The molecular weight excluding hydrogens is 386 g/mol. The Bertz CT molecular complexity index is 1080. The summed E-state index contributed by atoms with van der Waals surface area (Å²) in [6, 6.07) is 10.7. The van der Waals surface area contributed by atoms with Gasteiger partial charge < -0.3 is 14.2 Å². The van der Waals surface area contributed by atoms with E-state index in [4.69, 9.17) is 14.2 Å². The van der Waals surface area contributed by atoms with Crippen LogP contribution < -0.4 is 4.74 Å². The van der Waals surface area contributed by atoms with Crippen molar-refractivity contribution >= 4 is 11.9 Å². The summed E-state index contributed by atoms with van der Waals surface area (Å²) in [6.07, 6.45) is 0. The molecule has 0 radical (unpaired) electrons. The topological polar surface area (TPSA) is 79.7 Å². The first-order chi connectivity index (χ1) is 13.9. The van der Waals surface area contributed by atoms with E-state index in [-0.39, 0.29) is 28.3 Å². The van der Waals surface area contributed by atoms with Gasteiger partial charge in [0.05, 0.1) is 27.0 Å². The second-order valence-electron chi connectivity index (χ2n) is 5.75. The molecule has 150 valence electrons. The molecule has 0 atom stereocenters. The van der Waals surface area contributed by atoms with Crippen molar-refractivity contribution in [1.29, 1.82) is 0 Å². The van der Waals surface area contributed by atoms with Crippen molar-refractivity contribution in [1.82, 2.24) is 9.78 Å². The molecule has 9 heteroatoms. The van der Waals surface area contributed by atoms with Gasteiger partial charge in [-0.15, -0.1) is 0 Å². The molecular formula is C20H16F2N2O5. The Balaban J connectivity index is 2.39. The van der Waals surface area contributed by atoms with Gasteiger partial charge in [-0.05, 0) is 24.3 Å².